The van der Waals surface area contributed by atoms with Gasteiger partial charge in [-0.25, -0.2) is 4.84 Å². The van der Waals surface area contributed by atoms with Gasteiger partial charge in [0.25, 0.3) is 11.8 Å². The maximum atomic E-state index is 13.2. The first-order valence-corrected chi connectivity index (χ1v) is 12.3. The fourth-order valence-corrected chi connectivity index (χ4v) is 4.15. The summed E-state index contributed by atoms with van der Waals surface area (Å²) >= 11 is 0. The van der Waals surface area contributed by atoms with Crippen molar-refractivity contribution in [2.45, 2.75) is 19.3 Å². The lowest BCUT2D eigenvalue weighted by molar-refractivity contribution is -0.620. The number of benzene rings is 3. The third kappa shape index (κ3) is 5.74. The van der Waals surface area contributed by atoms with Gasteiger partial charge in [-0.2, -0.15) is 4.73 Å². The summed E-state index contributed by atoms with van der Waals surface area (Å²) < 4.78 is 17.9. The Morgan fingerprint density at radius 1 is 0.769 bits per heavy atom. The average molecular weight is 527 g/mol. The number of rotatable bonds is 11. The number of carbonyl (C=O) groups excluding carboxylic acids is 2. The van der Waals surface area contributed by atoms with Crippen LogP contribution in [0.5, 0.6) is 11.5 Å². The predicted molar refractivity (Wildman–Crippen MR) is 140 cm³/mol. The van der Waals surface area contributed by atoms with Crippen molar-refractivity contribution in [3.8, 4) is 11.5 Å². The topological polar surface area (TPSA) is 101 Å². The van der Waals surface area contributed by atoms with Crippen LogP contribution in [0.2, 0.25) is 0 Å². The molecule has 0 saturated carbocycles. The zero-order valence-electron chi connectivity index (χ0n) is 21.2. The van der Waals surface area contributed by atoms with E-state index >= 15 is 0 Å². The molecule has 0 bridgehead atoms. The van der Waals surface area contributed by atoms with Crippen molar-refractivity contribution in [1.29, 1.82) is 0 Å². The third-order valence-corrected chi connectivity index (χ3v) is 6.12. The van der Waals surface area contributed by atoms with Gasteiger partial charge in [0, 0.05) is 7.11 Å². The normalized spacial score (nSPS) is 13.3. The maximum Gasteiger partial charge on any atom is 0.285 e. The van der Waals surface area contributed by atoms with Crippen molar-refractivity contribution >= 4 is 11.8 Å². The van der Waals surface area contributed by atoms with Gasteiger partial charge in [-0.3, -0.25) is 9.59 Å². The fraction of sp³-hybridized carbons (Fsp3) is 0.167. The number of pyridine rings is 1. The van der Waals surface area contributed by atoms with Crippen LogP contribution in [0, 0.1) is 5.21 Å². The highest BCUT2D eigenvalue weighted by Gasteiger charge is 2.40. The molecule has 0 N–H and O–H groups in total. The molecule has 0 fully saturated rings. The molecule has 1 aliphatic rings. The first kappa shape index (κ1) is 25.9. The SMILES string of the molecule is COCC(ON1C(=O)c2ccccc2C1=O)c1cc(OCc2ccccc2)c(OCc2ccccc2)c[n+]1[O-]. The molecule has 198 valence electrons. The largest absolute Gasteiger partial charge is 0.618 e. The quantitative estimate of drug-likeness (QED) is 0.162. The Hall–Kier alpha value is -4.73. The fourth-order valence-electron chi connectivity index (χ4n) is 4.15. The van der Waals surface area contributed by atoms with Gasteiger partial charge < -0.3 is 19.4 Å². The molecule has 0 aliphatic carbocycles. The summed E-state index contributed by atoms with van der Waals surface area (Å²) in [5.74, 6) is -0.704. The van der Waals surface area contributed by atoms with Crippen LogP contribution in [-0.4, -0.2) is 30.6 Å². The molecule has 1 atom stereocenters. The minimum atomic E-state index is -1.10. The number of imide groups is 1. The highest BCUT2D eigenvalue weighted by atomic mass is 16.7. The number of ether oxygens (including phenoxy) is 3. The van der Waals surface area contributed by atoms with E-state index in [2.05, 4.69) is 0 Å². The number of amides is 2. The Morgan fingerprint density at radius 2 is 1.28 bits per heavy atom. The Balaban J connectivity index is 1.44. The summed E-state index contributed by atoms with van der Waals surface area (Å²) in [4.78, 5) is 31.6. The van der Waals surface area contributed by atoms with E-state index in [-0.39, 0.29) is 42.4 Å². The monoisotopic (exact) mass is 526 g/mol. The Morgan fingerprint density at radius 3 is 1.82 bits per heavy atom. The molecule has 0 saturated heterocycles. The Bertz CT molecular complexity index is 1430. The Labute approximate surface area is 225 Å². The van der Waals surface area contributed by atoms with E-state index in [1.54, 1.807) is 24.3 Å². The molecule has 0 spiro atoms. The molecular formula is C30H26N2O7. The third-order valence-electron chi connectivity index (χ3n) is 6.12. The number of methoxy groups -OCH3 is 1. The smallest absolute Gasteiger partial charge is 0.285 e. The van der Waals surface area contributed by atoms with Gasteiger partial charge in [0.15, 0.2) is 11.9 Å². The van der Waals surface area contributed by atoms with Crippen molar-refractivity contribution in [3.63, 3.8) is 0 Å². The summed E-state index contributed by atoms with van der Waals surface area (Å²) in [7, 11) is 1.43. The second kappa shape index (κ2) is 11.8. The summed E-state index contributed by atoms with van der Waals surface area (Å²) in [5.41, 5.74) is 2.36. The van der Waals surface area contributed by atoms with Crippen LogP contribution in [0.15, 0.2) is 97.2 Å². The number of hydrogen-bond acceptors (Lipinski definition) is 7. The molecule has 9 nitrogen and oxygen atoms in total. The van der Waals surface area contributed by atoms with Gasteiger partial charge in [0.1, 0.15) is 13.2 Å². The van der Waals surface area contributed by atoms with Crippen molar-refractivity contribution in [2.24, 2.45) is 0 Å². The lowest BCUT2D eigenvalue weighted by Gasteiger charge is -2.22. The van der Waals surface area contributed by atoms with E-state index in [1.807, 2.05) is 60.7 Å². The van der Waals surface area contributed by atoms with Gasteiger partial charge in [-0.15, -0.1) is 5.06 Å². The standard InChI is InChI=1S/C30H26N2O7/c1-36-20-28(39-32-29(33)23-14-8-9-15-24(23)30(32)34)25-16-26(37-18-21-10-4-2-5-11-21)27(17-31(25)35)38-19-22-12-6-3-7-13-22/h2-17,28H,18-20H2,1H3. The van der Waals surface area contributed by atoms with Crippen molar-refractivity contribution < 1.29 is 33.4 Å². The highest BCUT2D eigenvalue weighted by Crippen LogP contribution is 2.32. The second-order valence-corrected chi connectivity index (χ2v) is 8.80. The van der Waals surface area contributed by atoms with Crippen LogP contribution in [0.4, 0.5) is 0 Å². The number of nitrogens with zero attached hydrogens (tertiary/aromatic N) is 2. The molecule has 1 aliphatic heterocycles. The molecule has 5 rings (SSSR count). The lowest BCUT2D eigenvalue weighted by Crippen LogP contribution is -2.39. The molecule has 1 aromatic heterocycles. The lowest BCUT2D eigenvalue weighted by atomic mass is 10.1. The number of fused-ring (bicyclic) bond motifs is 1. The minimum Gasteiger partial charge on any atom is -0.618 e. The van der Waals surface area contributed by atoms with Gasteiger partial charge in [-0.05, 0) is 23.3 Å². The first-order valence-electron chi connectivity index (χ1n) is 12.3. The van der Waals surface area contributed by atoms with E-state index in [0.29, 0.717) is 15.5 Å². The van der Waals surface area contributed by atoms with Crippen LogP contribution in [0.3, 0.4) is 0 Å². The molecule has 1 unspecified atom stereocenters. The number of carbonyl (C=O) groups is 2. The molecule has 4 aromatic rings. The van der Waals surface area contributed by atoms with Crippen LogP contribution in [-0.2, 0) is 22.8 Å². The van der Waals surface area contributed by atoms with E-state index in [4.69, 9.17) is 19.0 Å². The summed E-state index contributed by atoms with van der Waals surface area (Å²) in [6, 6.07) is 27.0. The van der Waals surface area contributed by atoms with Crippen molar-refractivity contribution in [1.82, 2.24) is 5.06 Å². The number of aromatic nitrogens is 1. The molecule has 2 heterocycles. The van der Waals surface area contributed by atoms with Crippen LogP contribution >= 0.6 is 0 Å². The highest BCUT2D eigenvalue weighted by molar-refractivity contribution is 6.20. The van der Waals surface area contributed by atoms with E-state index in [0.717, 1.165) is 11.1 Å². The van der Waals surface area contributed by atoms with Gasteiger partial charge >= 0.3 is 0 Å². The number of hydrogen-bond donors (Lipinski definition) is 0. The summed E-state index contributed by atoms with van der Waals surface area (Å²) in [6.07, 6.45) is 0.143. The van der Waals surface area contributed by atoms with Gasteiger partial charge in [0.05, 0.1) is 23.8 Å². The van der Waals surface area contributed by atoms with Crippen molar-refractivity contribution in [3.05, 3.63) is 130 Å². The first-order chi connectivity index (χ1) is 19.0. The predicted octanol–water partition coefficient (Wildman–Crippen LogP) is 4.39. The Kier molecular flexibility index (Phi) is 7.81. The summed E-state index contributed by atoms with van der Waals surface area (Å²) in [5, 5.41) is 13.9. The molecular weight excluding hydrogens is 500 g/mol. The van der Waals surface area contributed by atoms with Crippen LogP contribution in [0.1, 0.15) is 43.6 Å². The van der Waals surface area contributed by atoms with Gasteiger partial charge in [0.2, 0.25) is 17.6 Å². The van der Waals surface area contributed by atoms with Crippen LogP contribution < -0.4 is 14.2 Å². The summed E-state index contributed by atoms with van der Waals surface area (Å²) in [6.45, 7) is 0.325. The maximum absolute atomic E-state index is 13.2. The zero-order chi connectivity index (χ0) is 27.2. The second-order valence-electron chi connectivity index (χ2n) is 8.80. The molecule has 2 amide bonds. The van der Waals surface area contributed by atoms with Crippen molar-refractivity contribution in [2.75, 3.05) is 13.7 Å². The minimum absolute atomic E-state index is 0.0727. The van der Waals surface area contributed by atoms with E-state index in [1.165, 1.54) is 19.4 Å². The van der Waals surface area contributed by atoms with Crippen LogP contribution in [0.25, 0.3) is 0 Å². The molecule has 0 radical (unpaired) electrons. The average Bonchev–Trinajstić information content (AvgIpc) is 3.21. The van der Waals surface area contributed by atoms with Gasteiger partial charge in [-0.1, -0.05) is 72.8 Å². The molecule has 3 aromatic carbocycles. The molecule has 39 heavy (non-hydrogen) atoms. The number of hydroxylamine groups is 2. The van der Waals surface area contributed by atoms with E-state index in [9.17, 15) is 14.8 Å². The zero-order valence-corrected chi connectivity index (χ0v) is 21.2. The van der Waals surface area contributed by atoms with E-state index < -0.39 is 17.9 Å². The molecule has 9 heteroatoms.